The minimum atomic E-state index is -0.506. The molecule has 0 unspecified atom stereocenters. The van der Waals surface area contributed by atoms with Crippen LogP contribution in [0.4, 0.5) is 5.69 Å². The zero-order valence-electron chi connectivity index (χ0n) is 19.1. The summed E-state index contributed by atoms with van der Waals surface area (Å²) in [5, 5.41) is 11.6. The van der Waals surface area contributed by atoms with Crippen molar-refractivity contribution in [1.29, 1.82) is 0 Å². The summed E-state index contributed by atoms with van der Waals surface area (Å²) in [5.41, 5.74) is 3.38. The number of rotatable bonds is 7. The van der Waals surface area contributed by atoms with Gasteiger partial charge < -0.3 is 14.5 Å². The molecule has 11 heteroatoms. The Morgan fingerprint density at radius 2 is 1.94 bits per heavy atom. The number of amides is 1. The van der Waals surface area contributed by atoms with Crippen LogP contribution in [-0.2, 0) is 6.54 Å². The highest BCUT2D eigenvalue weighted by atomic mass is 32.1. The molecular weight excluding hydrogens is 468 g/mol. The number of benzene rings is 2. The topological polar surface area (TPSA) is 125 Å². The first-order valence-corrected chi connectivity index (χ1v) is 11.4. The summed E-state index contributed by atoms with van der Waals surface area (Å²) in [4.78, 5) is 26.6. The van der Waals surface area contributed by atoms with Gasteiger partial charge in [0, 0.05) is 10.9 Å². The van der Waals surface area contributed by atoms with Gasteiger partial charge in [0.05, 0.1) is 48.2 Å². The lowest BCUT2D eigenvalue weighted by Crippen LogP contribution is -2.16. The van der Waals surface area contributed by atoms with E-state index in [1.54, 1.807) is 60.1 Å². The highest BCUT2D eigenvalue weighted by Crippen LogP contribution is 2.33. The van der Waals surface area contributed by atoms with Crippen LogP contribution < -0.4 is 10.1 Å². The highest BCUT2D eigenvalue weighted by Gasteiger charge is 2.26. The van der Waals surface area contributed by atoms with Crippen LogP contribution in [-0.4, -0.2) is 42.5 Å². The number of ketones is 1. The van der Waals surface area contributed by atoms with E-state index >= 15 is 0 Å². The molecule has 3 heterocycles. The normalized spacial score (nSPS) is 11.1. The van der Waals surface area contributed by atoms with Crippen molar-refractivity contribution in [3.05, 3.63) is 82.6 Å². The van der Waals surface area contributed by atoms with Gasteiger partial charge in [0.15, 0.2) is 11.5 Å². The number of hydrogen-bond acceptors (Lipinski definition) is 9. The number of ether oxygens (including phenoxy) is 1. The fourth-order valence-electron chi connectivity index (χ4n) is 3.65. The van der Waals surface area contributed by atoms with Crippen molar-refractivity contribution in [1.82, 2.24) is 23.7 Å². The van der Waals surface area contributed by atoms with Gasteiger partial charge >= 0.3 is 0 Å². The molecule has 0 radical (unpaired) electrons. The first-order chi connectivity index (χ1) is 17.0. The molecule has 0 aliphatic rings. The third-order valence-corrected chi connectivity index (χ3v) is 6.27. The first kappa shape index (κ1) is 22.4. The summed E-state index contributed by atoms with van der Waals surface area (Å²) in [6.07, 6.45) is 0. The average molecular weight is 489 g/mol. The van der Waals surface area contributed by atoms with E-state index in [0.717, 1.165) is 23.1 Å². The minimum absolute atomic E-state index is 0.0158. The molecule has 0 spiro atoms. The van der Waals surface area contributed by atoms with Gasteiger partial charge in [0.25, 0.3) is 5.91 Å². The molecule has 0 bridgehead atoms. The Morgan fingerprint density at radius 1 is 1.11 bits per heavy atom. The van der Waals surface area contributed by atoms with Gasteiger partial charge in [-0.1, -0.05) is 29.5 Å². The molecule has 0 atom stereocenters. The van der Waals surface area contributed by atoms with Crippen molar-refractivity contribution in [3.8, 4) is 5.75 Å². The van der Waals surface area contributed by atoms with Crippen molar-refractivity contribution < 1.29 is 18.7 Å². The Morgan fingerprint density at radius 3 is 2.71 bits per heavy atom. The van der Waals surface area contributed by atoms with E-state index in [4.69, 9.17) is 9.15 Å². The quantitative estimate of drug-likeness (QED) is 0.340. The number of methoxy groups -OCH3 is 1. The zero-order valence-corrected chi connectivity index (χ0v) is 19.9. The molecule has 1 N–H and O–H groups in total. The standard InChI is InChI=1S/C24H20N6O4S/c1-13-18(28-35-27-13)12-30-14(2)20(26-29-30)24(32)25-21-17-9-4-5-10-19(17)34-23(21)22(31)15-7-6-8-16(11-15)33-3/h4-11H,12H2,1-3H3,(H,25,32). The molecule has 1 amide bonds. The Hall–Kier alpha value is -4.38. The number of fused-ring (bicyclic) bond motifs is 1. The minimum Gasteiger partial charge on any atom is -0.497 e. The number of aryl methyl sites for hydroxylation is 1. The maximum Gasteiger partial charge on any atom is 0.278 e. The maximum absolute atomic E-state index is 13.4. The molecule has 2 aromatic carbocycles. The molecule has 0 aliphatic carbocycles. The number of furan rings is 1. The lowest BCUT2D eigenvalue weighted by molar-refractivity contribution is 0.101. The van der Waals surface area contributed by atoms with Gasteiger partial charge in [-0.2, -0.15) is 8.75 Å². The van der Waals surface area contributed by atoms with Gasteiger partial charge in [-0.15, -0.1) is 5.10 Å². The summed E-state index contributed by atoms with van der Waals surface area (Å²) in [6, 6.07) is 13.8. The second-order valence-corrected chi connectivity index (χ2v) is 8.32. The highest BCUT2D eigenvalue weighted by molar-refractivity contribution is 6.99. The van der Waals surface area contributed by atoms with E-state index in [1.807, 2.05) is 6.92 Å². The third kappa shape index (κ3) is 4.17. The number of para-hydroxylation sites is 1. The molecule has 0 aliphatic heterocycles. The number of carbonyl (C=O) groups is 2. The van der Waals surface area contributed by atoms with E-state index < -0.39 is 5.91 Å². The van der Waals surface area contributed by atoms with Gasteiger partial charge in [-0.05, 0) is 38.1 Å². The van der Waals surface area contributed by atoms with Crippen LogP contribution in [0, 0.1) is 13.8 Å². The second-order valence-electron chi connectivity index (χ2n) is 7.79. The predicted molar refractivity (Wildman–Crippen MR) is 129 cm³/mol. The van der Waals surface area contributed by atoms with Gasteiger partial charge in [-0.25, -0.2) is 4.68 Å². The van der Waals surface area contributed by atoms with Crippen LogP contribution in [0.3, 0.4) is 0 Å². The van der Waals surface area contributed by atoms with Crippen molar-refractivity contribution in [2.75, 3.05) is 12.4 Å². The lowest BCUT2D eigenvalue weighted by Gasteiger charge is -2.07. The van der Waals surface area contributed by atoms with E-state index in [-0.39, 0.29) is 22.9 Å². The van der Waals surface area contributed by atoms with Crippen LogP contribution in [0.15, 0.2) is 52.9 Å². The predicted octanol–water partition coefficient (Wildman–Crippen LogP) is 4.03. The van der Waals surface area contributed by atoms with Crippen LogP contribution in [0.1, 0.15) is 43.7 Å². The fourth-order valence-corrected chi connectivity index (χ4v) is 4.21. The number of carbonyl (C=O) groups excluding carboxylic acids is 2. The van der Waals surface area contributed by atoms with Crippen molar-refractivity contribution in [3.63, 3.8) is 0 Å². The fraction of sp³-hybridized carbons (Fsp3) is 0.167. The second kappa shape index (κ2) is 9.11. The molecule has 10 nitrogen and oxygen atoms in total. The largest absolute Gasteiger partial charge is 0.497 e. The zero-order chi connectivity index (χ0) is 24.5. The van der Waals surface area contributed by atoms with Crippen molar-refractivity contribution in [2.45, 2.75) is 20.4 Å². The monoisotopic (exact) mass is 488 g/mol. The van der Waals surface area contributed by atoms with E-state index in [1.165, 1.54) is 7.11 Å². The molecule has 5 aromatic rings. The van der Waals surface area contributed by atoms with Crippen LogP contribution in [0.25, 0.3) is 11.0 Å². The van der Waals surface area contributed by atoms with Gasteiger partial charge in [0.2, 0.25) is 5.78 Å². The lowest BCUT2D eigenvalue weighted by atomic mass is 10.1. The molecule has 3 aromatic heterocycles. The smallest absolute Gasteiger partial charge is 0.278 e. The summed E-state index contributed by atoms with van der Waals surface area (Å²) >= 11 is 1.12. The van der Waals surface area contributed by atoms with Crippen LogP contribution in [0.5, 0.6) is 5.75 Å². The molecule has 176 valence electrons. The van der Waals surface area contributed by atoms with Gasteiger partial charge in [0.1, 0.15) is 11.3 Å². The summed E-state index contributed by atoms with van der Waals surface area (Å²) in [7, 11) is 1.53. The number of aromatic nitrogens is 5. The Balaban J connectivity index is 1.49. The Kier molecular flexibility index (Phi) is 5.83. The third-order valence-electron chi connectivity index (χ3n) is 5.62. The SMILES string of the molecule is COc1cccc(C(=O)c2oc3ccccc3c2NC(=O)c2nnn(Cc3nsnc3C)c2C)c1. The first-order valence-electron chi connectivity index (χ1n) is 10.7. The number of anilines is 1. The van der Waals surface area contributed by atoms with Gasteiger partial charge in [-0.3, -0.25) is 9.59 Å². The molecule has 5 rings (SSSR count). The van der Waals surface area contributed by atoms with E-state index in [9.17, 15) is 9.59 Å². The number of hydrogen-bond donors (Lipinski definition) is 1. The van der Waals surface area contributed by atoms with E-state index in [0.29, 0.717) is 34.5 Å². The Bertz CT molecular complexity index is 1570. The van der Waals surface area contributed by atoms with Crippen molar-refractivity contribution >= 4 is 40.1 Å². The van der Waals surface area contributed by atoms with E-state index in [2.05, 4.69) is 24.4 Å². The molecular formula is C24H20N6O4S. The molecule has 35 heavy (non-hydrogen) atoms. The number of nitrogens with zero attached hydrogens (tertiary/aromatic N) is 5. The maximum atomic E-state index is 13.4. The molecule has 0 saturated carbocycles. The summed E-state index contributed by atoms with van der Waals surface area (Å²) < 4.78 is 21.1. The van der Waals surface area contributed by atoms with Crippen LogP contribution >= 0.6 is 11.7 Å². The summed E-state index contributed by atoms with van der Waals surface area (Å²) in [6.45, 7) is 3.96. The molecule has 0 saturated heterocycles. The summed E-state index contributed by atoms with van der Waals surface area (Å²) in [5.74, 6) is -0.340. The Labute approximate surface area is 203 Å². The molecule has 0 fully saturated rings. The van der Waals surface area contributed by atoms with Crippen molar-refractivity contribution in [2.24, 2.45) is 0 Å². The number of nitrogens with one attached hydrogen (secondary N) is 1. The van der Waals surface area contributed by atoms with Crippen LogP contribution in [0.2, 0.25) is 0 Å². The average Bonchev–Trinajstić information content (AvgIpc) is 3.56.